The first-order chi connectivity index (χ1) is 8.68. The van der Waals surface area contributed by atoms with E-state index in [-0.39, 0.29) is 5.91 Å². The summed E-state index contributed by atoms with van der Waals surface area (Å²) in [4.78, 5) is 15.8. The molecule has 2 aromatic rings. The molecule has 0 aliphatic rings. The van der Waals surface area contributed by atoms with Gasteiger partial charge in [-0.3, -0.25) is 4.79 Å². The van der Waals surface area contributed by atoms with Gasteiger partial charge in [0, 0.05) is 24.2 Å². The van der Waals surface area contributed by atoms with Gasteiger partial charge in [0.05, 0.1) is 0 Å². The second-order valence-corrected chi connectivity index (χ2v) is 3.86. The molecule has 2 rings (SSSR count). The summed E-state index contributed by atoms with van der Waals surface area (Å²) >= 11 is 0. The number of nitrogens with one attached hydrogen (secondary N) is 1. The number of carbonyl (C=O) groups excluding carboxylic acids is 1. The first kappa shape index (κ1) is 12.1. The summed E-state index contributed by atoms with van der Waals surface area (Å²) in [5.74, 6) is 0.346. The Labute approximate surface area is 104 Å². The van der Waals surface area contributed by atoms with Crippen LogP contribution < -0.4 is 11.1 Å². The Balaban J connectivity index is 1.93. The molecule has 1 aromatic heterocycles. The highest BCUT2D eigenvalue weighted by Gasteiger charge is 2.10. The zero-order valence-electron chi connectivity index (χ0n) is 10.0. The first-order valence-corrected chi connectivity index (χ1v) is 5.57. The van der Waals surface area contributed by atoms with Gasteiger partial charge in [-0.25, -0.2) is 0 Å². The summed E-state index contributed by atoms with van der Waals surface area (Å²) < 4.78 is 4.83. The van der Waals surface area contributed by atoms with Crippen molar-refractivity contribution in [1.29, 1.82) is 0 Å². The van der Waals surface area contributed by atoms with E-state index in [1.54, 1.807) is 18.2 Å². The second-order valence-electron chi connectivity index (χ2n) is 3.86. The lowest BCUT2D eigenvalue weighted by molar-refractivity contribution is 0.0953. The first-order valence-electron chi connectivity index (χ1n) is 5.57. The molecule has 0 aliphatic heterocycles. The van der Waals surface area contributed by atoms with Crippen LogP contribution in [0.15, 0.2) is 29.0 Å². The summed E-state index contributed by atoms with van der Waals surface area (Å²) in [6.45, 7) is 2.26. The van der Waals surface area contributed by atoms with Crippen molar-refractivity contribution in [1.82, 2.24) is 15.5 Å². The zero-order chi connectivity index (χ0) is 13.0. The van der Waals surface area contributed by atoms with E-state index >= 15 is 0 Å². The molecule has 0 spiro atoms. The largest absolute Gasteiger partial charge is 0.398 e. The lowest BCUT2D eigenvalue weighted by Crippen LogP contribution is -2.26. The molecule has 0 atom stereocenters. The molecule has 0 bridgehead atoms. The number of aromatic nitrogens is 2. The fourth-order valence-corrected chi connectivity index (χ4v) is 1.58. The van der Waals surface area contributed by atoms with Crippen LogP contribution in [0.5, 0.6) is 0 Å². The van der Waals surface area contributed by atoms with Gasteiger partial charge in [0.1, 0.15) is 0 Å². The topological polar surface area (TPSA) is 94.0 Å². The highest BCUT2D eigenvalue weighted by Crippen LogP contribution is 2.15. The average molecular weight is 246 g/mol. The third kappa shape index (κ3) is 2.65. The Hall–Kier alpha value is -2.37. The molecule has 1 heterocycles. The monoisotopic (exact) mass is 246 g/mol. The van der Waals surface area contributed by atoms with Crippen molar-refractivity contribution in [2.24, 2.45) is 0 Å². The van der Waals surface area contributed by atoms with E-state index in [1.165, 1.54) is 6.33 Å². The third-order valence-electron chi connectivity index (χ3n) is 2.65. The van der Waals surface area contributed by atoms with Crippen LogP contribution in [0, 0.1) is 6.92 Å². The van der Waals surface area contributed by atoms with Gasteiger partial charge in [-0.2, -0.15) is 4.98 Å². The Kier molecular flexibility index (Phi) is 3.57. The molecule has 0 saturated heterocycles. The van der Waals surface area contributed by atoms with E-state index in [9.17, 15) is 4.79 Å². The van der Waals surface area contributed by atoms with Crippen molar-refractivity contribution in [3.8, 4) is 0 Å². The number of hydrogen-bond acceptors (Lipinski definition) is 5. The Morgan fingerprint density at radius 2 is 2.33 bits per heavy atom. The molecule has 0 aliphatic carbocycles. The lowest BCUT2D eigenvalue weighted by Gasteiger charge is -2.08. The third-order valence-corrected chi connectivity index (χ3v) is 2.65. The maximum absolute atomic E-state index is 11.9. The van der Waals surface area contributed by atoms with Gasteiger partial charge < -0.3 is 15.6 Å². The van der Waals surface area contributed by atoms with Gasteiger partial charge in [0.15, 0.2) is 6.33 Å². The zero-order valence-corrected chi connectivity index (χ0v) is 10.0. The number of anilines is 1. The van der Waals surface area contributed by atoms with Crippen molar-refractivity contribution >= 4 is 11.6 Å². The molecule has 0 fully saturated rings. The van der Waals surface area contributed by atoms with Crippen molar-refractivity contribution in [3.63, 3.8) is 0 Å². The van der Waals surface area contributed by atoms with Gasteiger partial charge in [-0.1, -0.05) is 11.2 Å². The van der Waals surface area contributed by atoms with Crippen LogP contribution in [0.4, 0.5) is 5.69 Å². The van der Waals surface area contributed by atoms with Crippen molar-refractivity contribution in [2.45, 2.75) is 13.3 Å². The Bertz CT molecular complexity index is 537. The van der Waals surface area contributed by atoms with Crippen LogP contribution in [0.3, 0.4) is 0 Å². The second kappa shape index (κ2) is 5.31. The maximum atomic E-state index is 11.9. The fourth-order valence-electron chi connectivity index (χ4n) is 1.58. The van der Waals surface area contributed by atoms with Crippen LogP contribution in [0.25, 0.3) is 0 Å². The number of amides is 1. The highest BCUT2D eigenvalue weighted by atomic mass is 16.5. The molecule has 0 radical (unpaired) electrons. The van der Waals surface area contributed by atoms with Crippen molar-refractivity contribution < 1.29 is 9.32 Å². The molecule has 1 amide bonds. The summed E-state index contributed by atoms with van der Waals surface area (Å²) in [5, 5.41) is 6.27. The molecular formula is C12H14N4O2. The number of nitrogens with zero attached hydrogens (tertiary/aromatic N) is 2. The normalized spacial score (nSPS) is 10.3. The van der Waals surface area contributed by atoms with Gasteiger partial charge in [-0.05, 0) is 24.6 Å². The summed E-state index contributed by atoms with van der Waals surface area (Å²) in [5.41, 5.74) is 7.73. The van der Waals surface area contributed by atoms with Gasteiger partial charge in [0.2, 0.25) is 5.89 Å². The SMILES string of the molecule is Cc1c(N)cccc1C(=O)NCCc1ncno1. The van der Waals surface area contributed by atoms with E-state index in [0.717, 1.165) is 5.56 Å². The van der Waals surface area contributed by atoms with Crippen molar-refractivity contribution in [2.75, 3.05) is 12.3 Å². The summed E-state index contributed by atoms with van der Waals surface area (Å²) in [7, 11) is 0. The number of hydrogen-bond donors (Lipinski definition) is 2. The molecular weight excluding hydrogens is 232 g/mol. The Morgan fingerprint density at radius 1 is 1.50 bits per heavy atom. The minimum atomic E-state index is -0.153. The molecule has 0 unspecified atom stereocenters. The predicted molar refractivity (Wildman–Crippen MR) is 65.9 cm³/mol. The lowest BCUT2D eigenvalue weighted by atomic mass is 10.1. The quantitative estimate of drug-likeness (QED) is 0.783. The van der Waals surface area contributed by atoms with Gasteiger partial charge >= 0.3 is 0 Å². The van der Waals surface area contributed by atoms with E-state index in [0.29, 0.717) is 30.1 Å². The van der Waals surface area contributed by atoms with E-state index < -0.39 is 0 Å². The van der Waals surface area contributed by atoms with Crippen LogP contribution in [0.1, 0.15) is 21.8 Å². The molecule has 18 heavy (non-hydrogen) atoms. The number of nitrogens with two attached hydrogens (primary N) is 1. The summed E-state index contributed by atoms with van der Waals surface area (Å²) in [6, 6.07) is 5.27. The van der Waals surface area contributed by atoms with Crippen LogP contribution in [-0.4, -0.2) is 22.6 Å². The van der Waals surface area contributed by atoms with Crippen LogP contribution in [-0.2, 0) is 6.42 Å². The number of benzene rings is 1. The molecule has 6 nitrogen and oxygen atoms in total. The molecule has 94 valence electrons. The number of rotatable bonds is 4. The number of carbonyl (C=O) groups is 1. The van der Waals surface area contributed by atoms with Crippen LogP contribution in [0.2, 0.25) is 0 Å². The molecule has 6 heteroatoms. The standard InChI is InChI=1S/C12H14N4O2/c1-8-9(3-2-4-10(8)13)12(17)14-6-5-11-15-7-16-18-11/h2-4,7H,5-6,13H2,1H3,(H,14,17). The van der Waals surface area contributed by atoms with Crippen molar-refractivity contribution in [3.05, 3.63) is 41.5 Å². The Morgan fingerprint density at radius 3 is 3.06 bits per heavy atom. The number of nitrogen functional groups attached to an aromatic ring is 1. The summed E-state index contributed by atoms with van der Waals surface area (Å²) in [6.07, 6.45) is 1.84. The minimum Gasteiger partial charge on any atom is -0.398 e. The van der Waals surface area contributed by atoms with Gasteiger partial charge in [-0.15, -0.1) is 0 Å². The molecule has 1 aromatic carbocycles. The highest BCUT2D eigenvalue weighted by molar-refractivity contribution is 5.96. The van der Waals surface area contributed by atoms with E-state index in [4.69, 9.17) is 10.3 Å². The van der Waals surface area contributed by atoms with E-state index in [1.807, 2.05) is 6.92 Å². The molecule has 3 N–H and O–H groups in total. The van der Waals surface area contributed by atoms with Crippen LogP contribution >= 0.6 is 0 Å². The average Bonchev–Trinajstić information content (AvgIpc) is 2.85. The van der Waals surface area contributed by atoms with E-state index in [2.05, 4.69) is 15.5 Å². The van der Waals surface area contributed by atoms with Gasteiger partial charge in [0.25, 0.3) is 5.91 Å². The fraction of sp³-hybridized carbons (Fsp3) is 0.250. The smallest absolute Gasteiger partial charge is 0.251 e. The molecule has 0 saturated carbocycles. The maximum Gasteiger partial charge on any atom is 0.251 e. The predicted octanol–water partition coefficient (Wildman–Crippen LogP) is 0.933. The minimum absolute atomic E-state index is 0.153.